The van der Waals surface area contributed by atoms with Crippen LogP contribution in [0.25, 0.3) is 0 Å². The summed E-state index contributed by atoms with van der Waals surface area (Å²) in [5.41, 5.74) is 1.08. The summed E-state index contributed by atoms with van der Waals surface area (Å²) in [6.45, 7) is 3.98. The molecular weight excluding hydrogens is 262 g/mol. The number of ether oxygens (including phenoxy) is 1. The summed E-state index contributed by atoms with van der Waals surface area (Å²) in [4.78, 5) is 8.65. The Morgan fingerprint density at radius 2 is 2.05 bits per heavy atom. The molecule has 100 valence electrons. The molecule has 4 nitrogen and oxygen atoms in total. The molecule has 0 aliphatic carbocycles. The van der Waals surface area contributed by atoms with Gasteiger partial charge in [-0.3, -0.25) is 0 Å². The van der Waals surface area contributed by atoms with Crippen LogP contribution in [0.1, 0.15) is 18.3 Å². The lowest BCUT2D eigenvalue weighted by Gasteiger charge is -2.10. The highest BCUT2D eigenvalue weighted by Gasteiger charge is 2.07. The van der Waals surface area contributed by atoms with E-state index in [1.807, 2.05) is 39.1 Å². The Labute approximate surface area is 117 Å². The average Bonchev–Trinajstić information content (AvgIpc) is 2.42. The minimum atomic E-state index is 0.490. The number of hydrogen-bond acceptors (Lipinski definition) is 4. The number of rotatable bonds is 4. The molecule has 0 saturated carbocycles. The lowest BCUT2D eigenvalue weighted by atomic mass is 10.2. The van der Waals surface area contributed by atoms with Crippen LogP contribution in [0.4, 0.5) is 5.82 Å². The zero-order chi connectivity index (χ0) is 13.8. The molecule has 0 fully saturated rings. The number of aryl methyl sites for hydroxylation is 2. The normalized spacial score (nSPS) is 10.3. The Bertz CT molecular complexity index is 565. The van der Waals surface area contributed by atoms with Gasteiger partial charge in [0.1, 0.15) is 17.4 Å². The second kappa shape index (κ2) is 5.89. The zero-order valence-corrected chi connectivity index (χ0v) is 12.0. The standard InChI is InChI=1S/C14H16ClN3O/c1-4-12-17-13(16-3)8-14(18-12)19-11-7-9(2)5-6-10(11)15/h5-8H,4H2,1-3H3,(H,16,17,18). The molecule has 0 atom stereocenters. The van der Waals surface area contributed by atoms with E-state index in [2.05, 4.69) is 15.3 Å². The molecule has 0 aliphatic heterocycles. The summed E-state index contributed by atoms with van der Waals surface area (Å²) >= 11 is 6.11. The Kier molecular flexibility index (Phi) is 4.22. The Balaban J connectivity index is 2.34. The van der Waals surface area contributed by atoms with Crippen molar-refractivity contribution in [2.24, 2.45) is 0 Å². The fourth-order valence-corrected chi connectivity index (χ4v) is 1.77. The number of hydrogen-bond donors (Lipinski definition) is 1. The van der Waals surface area contributed by atoms with Gasteiger partial charge < -0.3 is 10.1 Å². The first-order valence-corrected chi connectivity index (χ1v) is 6.50. The summed E-state index contributed by atoms with van der Waals surface area (Å²) in [5, 5.41) is 3.55. The number of aromatic nitrogens is 2. The molecule has 19 heavy (non-hydrogen) atoms. The van der Waals surface area contributed by atoms with Crippen molar-refractivity contribution in [3.63, 3.8) is 0 Å². The van der Waals surface area contributed by atoms with Gasteiger partial charge in [0.15, 0.2) is 0 Å². The summed E-state index contributed by atoms with van der Waals surface area (Å²) < 4.78 is 5.75. The van der Waals surface area contributed by atoms with Crippen LogP contribution in [-0.2, 0) is 6.42 Å². The lowest BCUT2D eigenvalue weighted by molar-refractivity contribution is 0.459. The molecule has 0 saturated heterocycles. The van der Waals surface area contributed by atoms with Crippen molar-refractivity contribution in [3.8, 4) is 11.6 Å². The van der Waals surface area contributed by atoms with Crippen LogP contribution < -0.4 is 10.1 Å². The van der Waals surface area contributed by atoms with Crippen LogP contribution >= 0.6 is 11.6 Å². The van der Waals surface area contributed by atoms with E-state index in [0.717, 1.165) is 23.6 Å². The van der Waals surface area contributed by atoms with Gasteiger partial charge in [0, 0.05) is 19.5 Å². The minimum absolute atomic E-state index is 0.490. The van der Waals surface area contributed by atoms with E-state index in [0.29, 0.717) is 16.7 Å². The summed E-state index contributed by atoms with van der Waals surface area (Å²) in [7, 11) is 1.81. The quantitative estimate of drug-likeness (QED) is 0.922. The number of nitrogens with one attached hydrogen (secondary N) is 1. The van der Waals surface area contributed by atoms with Crippen molar-refractivity contribution in [1.82, 2.24) is 9.97 Å². The molecule has 0 spiro atoms. The zero-order valence-electron chi connectivity index (χ0n) is 11.2. The molecule has 0 bridgehead atoms. The number of benzene rings is 1. The average molecular weight is 278 g/mol. The third-order valence-electron chi connectivity index (χ3n) is 2.62. The van der Waals surface area contributed by atoms with E-state index in [1.165, 1.54) is 0 Å². The Morgan fingerprint density at radius 3 is 2.74 bits per heavy atom. The lowest BCUT2D eigenvalue weighted by Crippen LogP contribution is -2.01. The highest BCUT2D eigenvalue weighted by atomic mass is 35.5. The van der Waals surface area contributed by atoms with E-state index < -0.39 is 0 Å². The largest absolute Gasteiger partial charge is 0.437 e. The summed E-state index contributed by atoms with van der Waals surface area (Å²) in [6, 6.07) is 7.38. The molecule has 0 aliphatic rings. The predicted molar refractivity (Wildman–Crippen MR) is 77.2 cm³/mol. The van der Waals surface area contributed by atoms with Crippen LogP contribution in [0.15, 0.2) is 24.3 Å². The topological polar surface area (TPSA) is 47.0 Å². The second-order valence-corrected chi connectivity index (χ2v) is 4.55. The third-order valence-corrected chi connectivity index (χ3v) is 2.93. The predicted octanol–water partition coefficient (Wildman–Crippen LogP) is 3.83. The fraction of sp³-hybridized carbons (Fsp3) is 0.286. The summed E-state index contributed by atoms with van der Waals surface area (Å²) in [6.07, 6.45) is 0.743. The molecule has 5 heteroatoms. The monoisotopic (exact) mass is 277 g/mol. The Hall–Kier alpha value is -1.81. The van der Waals surface area contributed by atoms with Gasteiger partial charge in [0.25, 0.3) is 0 Å². The maximum atomic E-state index is 6.11. The first-order chi connectivity index (χ1) is 9.12. The molecule has 0 radical (unpaired) electrons. The van der Waals surface area contributed by atoms with Crippen molar-refractivity contribution >= 4 is 17.4 Å². The maximum Gasteiger partial charge on any atom is 0.224 e. The smallest absolute Gasteiger partial charge is 0.224 e. The molecule has 0 unspecified atom stereocenters. The molecule has 2 aromatic rings. The highest BCUT2D eigenvalue weighted by Crippen LogP contribution is 2.30. The first-order valence-electron chi connectivity index (χ1n) is 6.12. The molecule has 0 amide bonds. The Morgan fingerprint density at radius 1 is 1.26 bits per heavy atom. The van der Waals surface area contributed by atoms with Crippen LogP contribution in [0, 0.1) is 6.92 Å². The van der Waals surface area contributed by atoms with Crippen molar-refractivity contribution in [1.29, 1.82) is 0 Å². The van der Waals surface area contributed by atoms with Gasteiger partial charge in [0.05, 0.1) is 5.02 Å². The van der Waals surface area contributed by atoms with Crippen LogP contribution in [-0.4, -0.2) is 17.0 Å². The van der Waals surface area contributed by atoms with E-state index >= 15 is 0 Å². The second-order valence-electron chi connectivity index (χ2n) is 4.15. The van der Waals surface area contributed by atoms with Crippen molar-refractivity contribution < 1.29 is 4.74 Å². The minimum Gasteiger partial charge on any atom is -0.437 e. The van der Waals surface area contributed by atoms with Gasteiger partial charge in [-0.1, -0.05) is 24.6 Å². The fourth-order valence-electron chi connectivity index (χ4n) is 1.61. The number of anilines is 1. The molecular formula is C14H16ClN3O. The first kappa shape index (κ1) is 13.6. The van der Waals surface area contributed by atoms with Crippen molar-refractivity contribution in [3.05, 3.63) is 40.7 Å². The van der Waals surface area contributed by atoms with E-state index in [9.17, 15) is 0 Å². The maximum absolute atomic E-state index is 6.11. The highest BCUT2D eigenvalue weighted by molar-refractivity contribution is 6.32. The van der Waals surface area contributed by atoms with Gasteiger partial charge in [-0.25, -0.2) is 4.98 Å². The van der Waals surface area contributed by atoms with E-state index in [1.54, 1.807) is 6.07 Å². The molecule has 2 rings (SSSR count). The van der Waals surface area contributed by atoms with Crippen LogP contribution in [0.5, 0.6) is 11.6 Å². The molecule has 1 aromatic heterocycles. The van der Waals surface area contributed by atoms with Crippen molar-refractivity contribution in [2.45, 2.75) is 20.3 Å². The van der Waals surface area contributed by atoms with Gasteiger partial charge in [0.2, 0.25) is 5.88 Å². The SMILES string of the molecule is CCc1nc(NC)cc(Oc2cc(C)ccc2Cl)n1. The van der Waals surface area contributed by atoms with Gasteiger partial charge in [-0.05, 0) is 24.6 Å². The van der Waals surface area contributed by atoms with E-state index in [-0.39, 0.29) is 0 Å². The molecule has 1 N–H and O–H groups in total. The number of nitrogens with zero attached hydrogens (tertiary/aromatic N) is 2. The van der Waals surface area contributed by atoms with Gasteiger partial charge in [-0.15, -0.1) is 0 Å². The number of halogens is 1. The summed E-state index contributed by atoms with van der Waals surface area (Å²) in [5.74, 6) is 2.55. The molecule has 1 aromatic carbocycles. The van der Waals surface area contributed by atoms with Crippen LogP contribution in [0.2, 0.25) is 5.02 Å². The van der Waals surface area contributed by atoms with Crippen molar-refractivity contribution in [2.75, 3.05) is 12.4 Å². The van der Waals surface area contributed by atoms with Gasteiger partial charge >= 0.3 is 0 Å². The molecule has 1 heterocycles. The third kappa shape index (κ3) is 3.35. The van der Waals surface area contributed by atoms with Gasteiger partial charge in [-0.2, -0.15) is 4.98 Å². The van der Waals surface area contributed by atoms with Crippen LogP contribution in [0.3, 0.4) is 0 Å². The van der Waals surface area contributed by atoms with E-state index in [4.69, 9.17) is 16.3 Å².